The van der Waals surface area contributed by atoms with Crippen LogP contribution >= 0.6 is 0 Å². The molecule has 0 aliphatic carbocycles. The van der Waals surface area contributed by atoms with Gasteiger partial charge in [-0.25, -0.2) is 4.39 Å². The molecule has 9 heteroatoms. The lowest BCUT2D eigenvalue weighted by Crippen LogP contribution is -2.54. The first-order valence-corrected chi connectivity index (χ1v) is 12.3. The van der Waals surface area contributed by atoms with Crippen molar-refractivity contribution in [3.63, 3.8) is 0 Å². The first-order valence-electron chi connectivity index (χ1n) is 12.3. The van der Waals surface area contributed by atoms with E-state index in [2.05, 4.69) is 29.4 Å². The highest BCUT2D eigenvalue weighted by Crippen LogP contribution is 2.37. The van der Waals surface area contributed by atoms with Crippen LogP contribution in [0.3, 0.4) is 0 Å². The van der Waals surface area contributed by atoms with Gasteiger partial charge in [0, 0.05) is 32.6 Å². The maximum absolute atomic E-state index is 15.1. The number of piperidine rings is 2. The number of rotatable bonds is 6. The van der Waals surface area contributed by atoms with Crippen LogP contribution in [-0.2, 0) is 16.1 Å². The topological polar surface area (TPSA) is 90.0 Å². The quantitative estimate of drug-likeness (QED) is 0.624. The number of hydrogen-bond acceptors (Lipinski definition) is 6. The van der Waals surface area contributed by atoms with E-state index in [-0.39, 0.29) is 29.7 Å². The second-order valence-corrected chi connectivity index (χ2v) is 9.88. The highest BCUT2D eigenvalue weighted by atomic mass is 19.1. The van der Waals surface area contributed by atoms with Gasteiger partial charge in [-0.15, -0.1) is 0 Å². The first-order chi connectivity index (χ1) is 17.3. The second-order valence-electron chi connectivity index (χ2n) is 9.88. The zero-order valence-corrected chi connectivity index (χ0v) is 20.2. The molecule has 0 radical (unpaired) electrons. The number of hydrogen-bond donors (Lipinski definition) is 1. The maximum Gasteiger partial charge on any atom is 0.264 e. The Morgan fingerprint density at radius 3 is 2.39 bits per heavy atom. The molecule has 3 aliphatic heterocycles. The van der Waals surface area contributed by atoms with Gasteiger partial charge in [0.05, 0.1) is 16.8 Å². The Kier molecular flexibility index (Phi) is 6.57. The molecule has 36 heavy (non-hydrogen) atoms. The van der Waals surface area contributed by atoms with Gasteiger partial charge in [-0.05, 0) is 49.9 Å². The smallest absolute Gasteiger partial charge is 0.264 e. The van der Waals surface area contributed by atoms with Crippen LogP contribution in [0.25, 0.3) is 0 Å². The highest BCUT2D eigenvalue weighted by molar-refractivity contribution is 6.25. The number of fused-ring (bicyclic) bond motifs is 1. The van der Waals surface area contributed by atoms with Crippen molar-refractivity contribution in [2.45, 2.75) is 38.3 Å². The van der Waals surface area contributed by atoms with Crippen LogP contribution in [0.15, 0.2) is 42.5 Å². The summed E-state index contributed by atoms with van der Waals surface area (Å²) in [5.41, 5.74) is 1.51. The summed E-state index contributed by atoms with van der Waals surface area (Å²) in [4.78, 5) is 55.4. The van der Waals surface area contributed by atoms with Crippen molar-refractivity contribution in [1.82, 2.24) is 15.1 Å². The Morgan fingerprint density at radius 2 is 1.69 bits per heavy atom. The predicted molar refractivity (Wildman–Crippen MR) is 131 cm³/mol. The van der Waals surface area contributed by atoms with Crippen LogP contribution in [0.5, 0.6) is 0 Å². The number of carbonyl (C=O) groups excluding carboxylic acids is 4. The summed E-state index contributed by atoms with van der Waals surface area (Å²) < 4.78 is 15.1. The van der Waals surface area contributed by atoms with Gasteiger partial charge in [0.25, 0.3) is 11.8 Å². The van der Waals surface area contributed by atoms with Gasteiger partial charge in [-0.3, -0.25) is 29.4 Å². The molecule has 0 spiro atoms. The van der Waals surface area contributed by atoms with E-state index >= 15 is 4.39 Å². The van der Waals surface area contributed by atoms with Crippen LogP contribution in [0.2, 0.25) is 0 Å². The van der Waals surface area contributed by atoms with Gasteiger partial charge >= 0.3 is 0 Å². The molecule has 0 bridgehead atoms. The van der Waals surface area contributed by atoms with Crippen molar-refractivity contribution in [3.8, 4) is 0 Å². The molecule has 8 nitrogen and oxygen atoms in total. The zero-order valence-electron chi connectivity index (χ0n) is 20.2. The summed E-state index contributed by atoms with van der Waals surface area (Å²) >= 11 is 0. The van der Waals surface area contributed by atoms with Crippen LogP contribution in [0.4, 0.5) is 10.1 Å². The predicted octanol–water partition coefficient (Wildman–Crippen LogP) is 2.58. The molecular formula is C27H29FN4O4. The third-order valence-electron chi connectivity index (χ3n) is 7.33. The van der Waals surface area contributed by atoms with Gasteiger partial charge in [0.15, 0.2) is 0 Å². The zero-order chi connectivity index (χ0) is 25.4. The third kappa shape index (κ3) is 4.51. The molecule has 0 saturated carbocycles. The van der Waals surface area contributed by atoms with Crippen LogP contribution in [-0.4, -0.2) is 66.2 Å². The van der Waals surface area contributed by atoms with E-state index in [0.29, 0.717) is 19.0 Å². The van der Waals surface area contributed by atoms with Crippen molar-refractivity contribution in [2.24, 2.45) is 5.92 Å². The van der Waals surface area contributed by atoms with E-state index in [1.807, 2.05) is 23.1 Å². The van der Waals surface area contributed by atoms with E-state index in [1.165, 1.54) is 17.7 Å². The molecular weight excluding hydrogens is 463 g/mol. The lowest BCUT2D eigenvalue weighted by atomic mass is 9.94. The SMILES string of the molecule is CN(Cc1ccccc1)CC1CCN(c2c(F)ccc3c2C(=O)N(C2CCC(=O)NC2=O)C3=O)CC1. The summed E-state index contributed by atoms with van der Waals surface area (Å²) in [6.07, 6.45) is 1.77. The van der Waals surface area contributed by atoms with E-state index < -0.39 is 35.5 Å². The van der Waals surface area contributed by atoms with Crippen LogP contribution < -0.4 is 10.2 Å². The average Bonchev–Trinajstić information content (AvgIpc) is 3.10. The maximum atomic E-state index is 15.1. The Balaban J connectivity index is 1.29. The van der Waals surface area contributed by atoms with Gasteiger partial charge in [0.1, 0.15) is 11.9 Å². The van der Waals surface area contributed by atoms with Crippen LogP contribution in [0, 0.1) is 11.7 Å². The van der Waals surface area contributed by atoms with Crippen molar-refractivity contribution in [2.75, 3.05) is 31.6 Å². The first kappa shape index (κ1) is 24.1. The molecule has 188 valence electrons. The molecule has 2 fully saturated rings. The molecule has 3 aliphatic rings. The fraction of sp³-hybridized carbons (Fsp3) is 0.407. The number of nitrogens with one attached hydrogen (secondary N) is 1. The van der Waals surface area contributed by atoms with Gasteiger partial charge in [-0.2, -0.15) is 0 Å². The number of benzene rings is 2. The molecule has 2 aromatic rings. The van der Waals surface area contributed by atoms with Crippen molar-refractivity contribution in [3.05, 3.63) is 65.0 Å². The summed E-state index contributed by atoms with van der Waals surface area (Å²) in [5, 5.41) is 2.19. The lowest BCUT2D eigenvalue weighted by Gasteiger charge is -2.36. The number of anilines is 1. The number of imide groups is 2. The number of carbonyl (C=O) groups is 4. The molecule has 3 heterocycles. The number of halogens is 1. The lowest BCUT2D eigenvalue weighted by molar-refractivity contribution is -0.136. The van der Waals surface area contributed by atoms with Gasteiger partial charge < -0.3 is 9.80 Å². The summed E-state index contributed by atoms with van der Waals surface area (Å²) in [6, 6.07) is 11.7. The fourth-order valence-corrected chi connectivity index (χ4v) is 5.56. The van der Waals surface area contributed by atoms with Gasteiger partial charge in [-0.1, -0.05) is 30.3 Å². The molecule has 2 aromatic carbocycles. The Labute approximate surface area is 209 Å². The van der Waals surface area contributed by atoms with E-state index in [1.54, 1.807) is 0 Å². The number of amides is 4. The van der Waals surface area contributed by atoms with Crippen molar-refractivity contribution < 1.29 is 23.6 Å². The Morgan fingerprint density at radius 1 is 0.972 bits per heavy atom. The highest BCUT2D eigenvalue weighted by Gasteiger charge is 2.47. The van der Waals surface area contributed by atoms with Crippen molar-refractivity contribution >= 4 is 29.3 Å². The van der Waals surface area contributed by atoms with E-state index in [0.717, 1.165) is 30.8 Å². The third-order valence-corrected chi connectivity index (χ3v) is 7.33. The molecule has 1 unspecified atom stereocenters. The average molecular weight is 493 g/mol. The van der Waals surface area contributed by atoms with Crippen molar-refractivity contribution in [1.29, 1.82) is 0 Å². The molecule has 5 rings (SSSR count). The summed E-state index contributed by atoms with van der Waals surface area (Å²) in [5.74, 6) is -2.53. The number of nitrogens with zero attached hydrogens (tertiary/aromatic N) is 3. The minimum Gasteiger partial charge on any atom is -0.368 e. The summed E-state index contributed by atoms with van der Waals surface area (Å²) in [6.45, 7) is 2.90. The Hall–Kier alpha value is -3.59. The molecule has 4 amide bonds. The standard InChI is InChI=1S/C27H29FN4O4/c1-30(15-17-5-3-2-4-6-17)16-18-11-13-31(14-12-18)24-20(28)8-7-19-23(24)27(36)32(26(19)35)21-9-10-22(33)29-25(21)34/h2-8,18,21H,9-16H2,1H3,(H,29,33,34). The second kappa shape index (κ2) is 9.81. The minimum atomic E-state index is -1.07. The van der Waals surface area contributed by atoms with Crippen LogP contribution in [0.1, 0.15) is 52.0 Å². The monoisotopic (exact) mass is 492 g/mol. The Bertz CT molecular complexity index is 1210. The molecule has 1 N–H and O–H groups in total. The summed E-state index contributed by atoms with van der Waals surface area (Å²) in [7, 11) is 2.09. The van der Waals surface area contributed by atoms with E-state index in [4.69, 9.17) is 0 Å². The minimum absolute atomic E-state index is 0.0179. The normalized spacial score (nSPS) is 20.8. The molecule has 2 saturated heterocycles. The molecule has 1 atom stereocenters. The largest absolute Gasteiger partial charge is 0.368 e. The fourth-order valence-electron chi connectivity index (χ4n) is 5.56. The molecule has 0 aromatic heterocycles. The van der Waals surface area contributed by atoms with Gasteiger partial charge in [0.2, 0.25) is 11.8 Å². The van der Waals surface area contributed by atoms with E-state index in [9.17, 15) is 19.2 Å².